The summed E-state index contributed by atoms with van der Waals surface area (Å²) in [6.45, 7) is 0.478. The summed E-state index contributed by atoms with van der Waals surface area (Å²) in [6.07, 6.45) is 1.04. The van der Waals surface area contributed by atoms with Crippen molar-refractivity contribution in [3.05, 3.63) is 18.1 Å². The van der Waals surface area contributed by atoms with Crippen LogP contribution < -0.4 is 5.73 Å². The third kappa shape index (κ3) is 1.93. The van der Waals surface area contributed by atoms with Crippen LogP contribution in [0.3, 0.4) is 0 Å². The molecule has 0 unspecified atom stereocenters. The van der Waals surface area contributed by atoms with E-state index in [1.54, 1.807) is 0 Å². The van der Waals surface area contributed by atoms with Gasteiger partial charge in [-0.25, -0.2) is 14.8 Å². The van der Waals surface area contributed by atoms with Gasteiger partial charge in [0, 0.05) is 6.20 Å². The monoisotopic (exact) mass is 324 g/mol. The lowest BCUT2D eigenvalue weighted by atomic mass is 9.91. The normalized spacial score (nSPS) is 30.9. The number of aliphatic hydroxyl groups is 3. The summed E-state index contributed by atoms with van der Waals surface area (Å²) in [6, 6.07) is 0. The standard InChI is InChI=1S/C13H16N4O6/c1-12(21)4-23-7(3-18)13(12,22)17-2-6(11(19)20)8-9(14)15-5-16-10(8)17/h2,5,7,18,21-22H,3-4H2,1H3,(H,19,20)(H2,14,15,16)/t7-,12+,13-/m1/s1. The van der Waals surface area contributed by atoms with Gasteiger partial charge in [0.1, 0.15) is 29.5 Å². The average molecular weight is 324 g/mol. The molecule has 0 aliphatic carbocycles. The van der Waals surface area contributed by atoms with Gasteiger partial charge in [-0.05, 0) is 6.92 Å². The van der Waals surface area contributed by atoms with Crippen LogP contribution >= 0.6 is 0 Å². The second kappa shape index (κ2) is 4.86. The maximum Gasteiger partial charge on any atom is 0.338 e. The number of aromatic carboxylic acids is 1. The minimum atomic E-state index is -2.13. The van der Waals surface area contributed by atoms with Gasteiger partial charge in [-0.15, -0.1) is 0 Å². The van der Waals surface area contributed by atoms with E-state index in [1.807, 2.05) is 0 Å². The first-order chi connectivity index (χ1) is 10.7. The number of fused-ring (bicyclic) bond motifs is 1. The predicted molar refractivity (Wildman–Crippen MR) is 76.5 cm³/mol. The van der Waals surface area contributed by atoms with Crippen LogP contribution in [0.1, 0.15) is 17.3 Å². The van der Waals surface area contributed by atoms with Crippen molar-refractivity contribution in [2.24, 2.45) is 0 Å². The van der Waals surface area contributed by atoms with Crippen molar-refractivity contribution in [1.82, 2.24) is 14.5 Å². The third-order valence-electron chi connectivity index (χ3n) is 4.18. The zero-order valence-electron chi connectivity index (χ0n) is 12.2. The molecule has 1 aliphatic rings. The van der Waals surface area contributed by atoms with E-state index in [-0.39, 0.29) is 29.0 Å². The molecule has 0 radical (unpaired) electrons. The summed E-state index contributed by atoms with van der Waals surface area (Å²) >= 11 is 0. The van der Waals surface area contributed by atoms with Crippen molar-refractivity contribution in [1.29, 1.82) is 0 Å². The summed E-state index contributed by atoms with van der Waals surface area (Å²) < 4.78 is 6.31. The fourth-order valence-corrected chi connectivity index (χ4v) is 2.93. The molecule has 0 saturated carbocycles. The topological polar surface area (TPSA) is 164 Å². The molecule has 0 aromatic carbocycles. The van der Waals surface area contributed by atoms with Crippen LogP contribution in [0.2, 0.25) is 0 Å². The maximum atomic E-state index is 11.5. The Morgan fingerprint density at radius 2 is 2.22 bits per heavy atom. The zero-order chi connectivity index (χ0) is 17.0. The van der Waals surface area contributed by atoms with E-state index in [4.69, 9.17) is 10.5 Å². The number of carboxylic acid groups (broad SMARTS) is 1. The fraction of sp³-hybridized carbons (Fsp3) is 0.462. The second-order valence-electron chi connectivity index (χ2n) is 5.66. The molecule has 3 rings (SSSR count). The summed E-state index contributed by atoms with van der Waals surface area (Å²) in [4.78, 5) is 19.2. The van der Waals surface area contributed by atoms with Crippen molar-refractivity contribution >= 4 is 22.8 Å². The number of ether oxygens (including phenoxy) is 1. The SMILES string of the molecule is C[C@]1(O)CO[C@H](CO)[C@]1(O)n1cc(C(=O)O)c2c(N)ncnc21. The van der Waals surface area contributed by atoms with Gasteiger partial charge in [0.05, 0.1) is 24.2 Å². The Balaban J connectivity index is 2.36. The maximum absolute atomic E-state index is 11.5. The Morgan fingerprint density at radius 1 is 1.52 bits per heavy atom. The largest absolute Gasteiger partial charge is 0.478 e. The lowest BCUT2D eigenvalue weighted by Crippen LogP contribution is -2.57. The summed E-state index contributed by atoms with van der Waals surface area (Å²) in [7, 11) is 0. The Hall–Kier alpha value is -2.27. The quantitative estimate of drug-likeness (QED) is 0.452. The molecule has 1 saturated heterocycles. The molecule has 124 valence electrons. The number of nitrogen functional groups attached to an aromatic ring is 1. The van der Waals surface area contributed by atoms with E-state index < -0.39 is 30.0 Å². The third-order valence-corrected chi connectivity index (χ3v) is 4.18. The highest BCUT2D eigenvalue weighted by atomic mass is 16.6. The number of nitrogens with zero attached hydrogens (tertiary/aromatic N) is 3. The molecule has 3 atom stereocenters. The lowest BCUT2D eigenvalue weighted by Gasteiger charge is -2.37. The second-order valence-corrected chi connectivity index (χ2v) is 5.66. The predicted octanol–water partition coefficient (Wildman–Crippen LogP) is -1.50. The molecule has 0 amide bonds. The average Bonchev–Trinajstić information content (AvgIpc) is 2.98. The Bertz CT molecular complexity index is 788. The Morgan fingerprint density at radius 3 is 2.83 bits per heavy atom. The van der Waals surface area contributed by atoms with Crippen LogP contribution in [0.25, 0.3) is 11.0 Å². The number of hydrogen-bond donors (Lipinski definition) is 5. The van der Waals surface area contributed by atoms with Crippen molar-refractivity contribution in [2.45, 2.75) is 24.4 Å². The van der Waals surface area contributed by atoms with Gasteiger partial charge in [0.15, 0.2) is 0 Å². The molecular formula is C13H16N4O6. The Labute approximate surface area is 129 Å². The molecular weight excluding hydrogens is 308 g/mol. The van der Waals surface area contributed by atoms with Crippen LogP contribution in [0, 0.1) is 0 Å². The summed E-state index contributed by atoms with van der Waals surface area (Å²) in [5.41, 5.74) is 1.60. The highest BCUT2D eigenvalue weighted by Crippen LogP contribution is 2.42. The highest BCUT2D eigenvalue weighted by molar-refractivity contribution is 6.06. The van der Waals surface area contributed by atoms with Gasteiger partial charge in [0.25, 0.3) is 0 Å². The molecule has 23 heavy (non-hydrogen) atoms. The van der Waals surface area contributed by atoms with Crippen molar-refractivity contribution in [3.63, 3.8) is 0 Å². The van der Waals surface area contributed by atoms with E-state index in [0.717, 1.165) is 17.1 Å². The molecule has 2 aromatic heterocycles. The zero-order valence-corrected chi connectivity index (χ0v) is 12.2. The first-order valence-corrected chi connectivity index (χ1v) is 6.76. The van der Waals surface area contributed by atoms with Gasteiger partial charge in [-0.2, -0.15) is 0 Å². The van der Waals surface area contributed by atoms with Crippen LogP contribution in [0.5, 0.6) is 0 Å². The summed E-state index contributed by atoms with van der Waals surface area (Å²) in [5.74, 6) is -1.37. The van der Waals surface area contributed by atoms with Crippen LogP contribution in [-0.2, 0) is 10.5 Å². The summed E-state index contributed by atoms with van der Waals surface area (Å²) in [5, 5.41) is 40.4. The van der Waals surface area contributed by atoms with Gasteiger partial charge in [0.2, 0.25) is 5.72 Å². The number of hydrogen-bond acceptors (Lipinski definition) is 8. The first-order valence-electron chi connectivity index (χ1n) is 6.76. The number of nitrogens with two attached hydrogens (primary N) is 1. The van der Waals surface area contributed by atoms with Gasteiger partial charge in [-0.1, -0.05) is 0 Å². The number of carboxylic acids is 1. The molecule has 6 N–H and O–H groups in total. The van der Waals surface area contributed by atoms with E-state index >= 15 is 0 Å². The minimum Gasteiger partial charge on any atom is -0.478 e. The van der Waals surface area contributed by atoms with E-state index in [2.05, 4.69) is 9.97 Å². The van der Waals surface area contributed by atoms with Gasteiger partial charge >= 0.3 is 5.97 Å². The van der Waals surface area contributed by atoms with Crippen molar-refractivity contribution < 1.29 is 30.0 Å². The van der Waals surface area contributed by atoms with Crippen LogP contribution in [0.4, 0.5) is 5.82 Å². The highest BCUT2D eigenvalue weighted by Gasteiger charge is 2.60. The smallest absolute Gasteiger partial charge is 0.338 e. The fourth-order valence-electron chi connectivity index (χ4n) is 2.93. The minimum absolute atomic E-state index is 0.0154. The van der Waals surface area contributed by atoms with Crippen LogP contribution in [0.15, 0.2) is 12.5 Å². The van der Waals surface area contributed by atoms with Crippen molar-refractivity contribution in [3.8, 4) is 0 Å². The molecule has 0 bridgehead atoms. The van der Waals surface area contributed by atoms with Crippen molar-refractivity contribution in [2.75, 3.05) is 18.9 Å². The molecule has 10 heteroatoms. The Kier molecular flexibility index (Phi) is 3.30. The molecule has 0 spiro atoms. The molecule has 10 nitrogen and oxygen atoms in total. The van der Waals surface area contributed by atoms with E-state index in [1.165, 1.54) is 6.92 Å². The number of aromatic nitrogens is 3. The van der Waals surface area contributed by atoms with E-state index in [9.17, 15) is 25.2 Å². The number of carbonyl (C=O) groups is 1. The molecule has 2 aromatic rings. The number of rotatable bonds is 3. The molecule has 3 heterocycles. The van der Waals surface area contributed by atoms with Gasteiger partial charge < -0.3 is 30.9 Å². The first kappa shape index (κ1) is 15.6. The van der Waals surface area contributed by atoms with E-state index in [0.29, 0.717) is 0 Å². The molecule has 1 fully saturated rings. The van der Waals surface area contributed by atoms with Crippen LogP contribution in [-0.4, -0.2) is 65.8 Å². The molecule has 1 aliphatic heterocycles. The number of anilines is 1. The number of aliphatic hydroxyl groups excluding tert-OH is 1. The van der Waals surface area contributed by atoms with Gasteiger partial charge in [-0.3, -0.25) is 4.57 Å². The lowest BCUT2D eigenvalue weighted by molar-refractivity contribution is -0.186.